The molecule has 7 nitrogen and oxygen atoms in total. The summed E-state index contributed by atoms with van der Waals surface area (Å²) >= 11 is 0. The molecular formula is C22H21F2N5O2S. The first-order chi connectivity index (χ1) is 15.3. The average Bonchev–Trinajstić information content (AvgIpc) is 3.50. The minimum atomic E-state index is -4.14. The van der Waals surface area contributed by atoms with E-state index in [9.17, 15) is 17.2 Å². The van der Waals surface area contributed by atoms with Gasteiger partial charge in [-0.2, -0.15) is 9.40 Å². The molecule has 2 atom stereocenters. The first-order valence-corrected chi connectivity index (χ1v) is 11.7. The molecule has 4 aromatic rings. The number of rotatable bonds is 5. The lowest BCUT2D eigenvalue weighted by atomic mass is 10.1. The van der Waals surface area contributed by atoms with Crippen molar-refractivity contribution in [1.82, 2.24) is 24.1 Å². The number of H-pyrrole nitrogens is 1. The van der Waals surface area contributed by atoms with Crippen molar-refractivity contribution < 1.29 is 17.2 Å². The fourth-order valence-corrected chi connectivity index (χ4v) is 6.24. The van der Waals surface area contributed by atoms with Crippen molar-refractivity contribution in [1.29, 1.82) is 0 Å². The van der Waals surface area contributed by atoms with E-state index in [0.717, 1.165) is 34.4 Å². The van der Waals surface area contributed by atoms with Crippen molar-refractivity contribution in [2.75, 3.05) is 6.54 Å². The maximum atomic E-state index is 14.2. The zero-order valence-corrected chi connectivity index (χ0v) is 18.1. The van der Waals surface area contributed by atoms with Crippen LogP contribution in [0.1, 0.15) is 13.3 Å². The summed E-state index contributed by atoms with van der Waals surface area (Å²) in [5.41, 5.74) is 3.49. The van der Waals surface area contributed by atoms with Gasteiger partial charge < -0.3 is 4.57 Å². The van der Waals surface area contributed by atoms with Crippen LogP contribution in [0.3, 0.4) is 0 Å². The van der Waals surface area contributed by atoms with Crippen LogP contribution < -0.4 is 0 Å². The van der Waals surface area contributed by atoms with Gasteiger partial charge in [-0.1, -0.05) is 6.07 Å². The Morgan fingerprint density at radius 1 is 1.19 bits per heavy atom. The molecule has 0 spiro atoms. The Morgan fingerprint density at radius 3 is 2.81 bits per heavy atom. The number of hydrogen-bond acceptors (Lipinski definition) is 4. The number of benzene rings is 1. The lowest BCUT2D eigenvalue weighted by Gasteiger charge is -2.21. The van der Waals surface area contributed by atoms with E-state index < -0.39 is 26.6 Å². The molecule has 32 heavy (non-hydrogen) atoms. The lowest BCUT2D eigenvalue weighted by Crippen LogP contribution is -2.34. The molecule has 1 aromatic carbocycles. The van der Waals surface area contributed by atoms with Gasteiger partial charge in [-0.05, 0) is 49.6 Å². The maximum Gasteiger partial charge on any atom is 0.246 e. The third kappa shape index (κ3) is 3.49. The van der Waals surface area contributed by atoms with E-state index in [2.05, 4.69) is 19.7 Å². The smallest absolute Gasteiger partial charge is 0.246 e. The highest BCUT2D eigenvalue weighted by molar-refractivity contribution is 7.89. The van der Waals surface area contributed by atoms with E-state index in [1.165, 1.54) is 10.4 Å². The van der Waals surface area contributed by atoms with Gasteiger partial charge in [-0.3, -0.25) is 5.10 Å². The van der Waals surface area contributed by atoms with E-state index in [-0.39, 0.29) is 18.5 Å². The molecule has 5 rings (SSSR count). The minimum Gasteiger partial charge on any atom is -0.346 e. The Morgan fingerprint density at radius 2 is 2.03 bits per heavy atom. The van der Waals surface area contributed by atoms with Gasteiger partial charge in [0.25, 0.3) is 0 Å². The number of aromatic amines is 1. The molecule has 0 amide bonds. The van der Waals surface area contributed by atoms with E-state index in [4.69, 9.17) is 0 Å². The van der Waals surface area contributed by atoms with Crippen molar-refractivity contribution in [2.45, 2.75) is 30.8 Å². The van der Waals surface area contributed by atoms with Crippen LogP contribution in [0.4, 0.5) is 8.78 Å². The van der Waals surface area contributed by atoms with E-state index in [0.29, 0.717) is 13.0 Å². The molecule has 1 saturated heterocycles. The molecule has 1 aliphatic heterocycles. The fraction of sp³-hybridized carbons (Fsp3) is 0.273. The highest BCUT2D eigenvalue weighted by Gasteiger charge is 2.39. The Balaban J connectivity index is 1.37. The van der Waals surface area contributed by atoms with Gasteiger partial charge in [0.1, 0.15) is 4.90 Å². The predicted molar refractivity (Wildman–Crippen MR) is 115 cm³/mol. The van der Waals surface area contributed by atoms with Gasteiger partial charge in [-0.25, -0.2) is 22.2 Å². The summed E-state index contributed by atoms with van der Waals surface area (Å²) in [6.07, 6.45) is 6.05. The normalized spacial score (nSPS) is 19.7. The van der Waals surface area contributed by atoms with Gasteiger partial charge in [0.15, 0.2) is 11.6 Å². The molecular weight excluding hydrogens is 436 g/mol. The fourth-order valence-electron chi connectivity index (χ4n) is 4.45. The molecule has 3 aromatic heterocycles. The minimum absolute atomic E-state index is 0.0283. The molecule has 0 bridgehead atoms. The number of nitrogens with zero attached hydrogens (tertiary/aromatic N) is 4. The van der Waals surface area contributed by atoms with E-state index >= 15 is 0 Å². The van der Waals surface area contributed by atoms with Gasteiger partial charge in [0, 0.05) is 37.1 Å². The van der Waals surface area contributed by atoms with Gasteiger partial charge in [-0.15, -0.1) is 0 Å². The number of hydrogen-bond donors (Lipinski definition) is 1. The Labute approximate surface area is 183 Å². The first kappa shape index (κ1) is 20.8. The van der Waals surface area contributed by atoms with E-state index in [1.807, 2.05) is 24.4 Å². The van der Waals surface area contributed by atoms with Gasteiger partial charge >= 0.3 is 0 Å². The second kappa shape index (κ2) is 7.79. The summed E-state index contributed by atoms with van der Waals surface area (Å²) in [6, 6.07) is 8.74. The largest absolute Gasteiger partial charge is 0.346 e. The highest BCUT2D eigenvalue weighted by atomic mass is 32.2. The summed E-state index contributed by atoms with van der Waals surface area (Å²) in [7, 11) is -4.14. The molecule has 1 aliphatic rings. The highest BCUT2D eigenvalue weighted by Crippen LogP contribution is 2.32. The molecule has 4 heterocycles. The third-order valence-electron chi connectivity index (χ3n) is 5.98. The van der Waals surface area contributed by atoms with Crippen molar-refractivity contribution in [3.05, 3.63) is 66.6 Å². The van der Waals surface area contributed by atoms with Crippen LogP contribution >= 0.6 is 0 Å². The summed E-state index contributed by atoms with van der Waals surface area (Å²) in [5.74, 6) is -2.48. The topological polar surface area (TPSA) is 83.9 Å². The maximum absolute atomic E-state index is 14.2. The average molecular weight is 458 g/mol. The summed E-state index contributed by atoms with van der Waals surface area (Å²) in [4.78, 5) is 4.06. The number of aromatic nitrogens is 4. The predicted octanol–water partition coefficient (Wildman–Crippen LogP) is 3.80. The zero-order valence-electron chi connectivity index (χ0n) is 17.2. The van der Waals surface area contributed by atoms with Crippen LogP contribution in [0.2, 0.25) is 0 Å². The Kier molecular flexibility index (Phi) is 5.06. The standard InChI is InChI=1S/C22H21F2N5O2S/c1-14-9-15(13-29(14)32(30,31)21-4-2-3-17(23)22(21)24)12-28-8-7-19-20(28)6-5-18(27-19)16-10-25-26-11-16/h2-8,10-11,14-15H,9,12-13H2,1H3,(H,25,26)/t14-,15-/m1/s1. The molecule has 0 saturated carbocycles. The Bertz CT molecular complexity index is 1380. The first-order valence-electron chi connectivity index (χ1n) is 10.3. The SMILES string of the molecule is C[C@@H]1C[C@H](Cn2ccc3nc(-c4cn[nH]c4)ccc32)CN1S(=O)(=O)c1cccc(F)c1F. The third-order valence-corrected chi connectivity index (χ3v) is 7.98. The molecule has 1 N–H and O–H groups in total. The van der Waals surface area contributed by atoms with Crippen LogP contribution in [0.5, 0.6) is 0 Å². The molecule has 0 unspecified atom stereocenters. The Hall–Kier alpha value is -3.11. The monoisotopic (exact) mass is 457 g/mol. The number of nitrogens with one attached hydrogen (secondary N) is 1. The van der Waals surface area contributed by atoms with Crippen LogP contribution in [0.15, 0.2) is 59.9 Å². The summed E-state index contributed by atoms with van der Waals surface area (Å²) in [6.45, 7) is 2.62. The number of sulfonamides is 1. The molecule has 0 radical (unpaired) electrons. The van der Waals surface area contributed by atoms with Crippen LogP contribution in [-0.2, 0) is 16.6 Å². The molecule has 0 aliphatic carbocycles. The van der Waals surface area contributed by atoms with Crippen LogP contribution in [0, 0.1) is 17.6 Å². The van der Waals surface area contributed by atoms with Crippen molar-refractivity contribution in [2.24, 2.45) is 5.92 Å². The molecule has 10 heteroatoms. The van der Waals surface area contributed by atoms with E-state index in [1.54, 1.807) is 19.3 Å². The number of fused-ring (bicyclic) bond motifs is 1. The summed E-state index contributed by atoms with van der Waals surface area (Å²) < 4.78 is 57.2. The van der Waals surface area contributed by atoms with Crippen LogP contribution in [0.25, 0.3) is 22.3 Å². The molecule has 166 valence electrons. The lowest BCUT2D eigenvalue weighted by molar-refractivity contribution is 0.393. The van der Waals surface area contributed by atoms with Gasteiger partial charge in [0.2, 0.25) is 10.0 Å². The van der Waals surface area contributed by atoms with Gasteiger partial charge in [0.05, 0.1) is 22.9 Å². The van der Waals surface area contributed by atoms with Crippen LogP contribution in [-0.4, -0.2) is 45.1 Å². The molecule has 1 fully saturated rings. The zero-order chi connectivity index (χ0) is 22.5. The number of pyridine rings is 1. The van der Waals surface area contributed by atoms with Crippen molar-refractivity contribution in [3.63, 3.8) is 0 Å². The quantitative estimate of drug-likeness (QED) is 0.494. The summed E-state index contributed by atoms with van der Waals surface area (Å²) in [5, 5.41) is 6.73. The second-order valence-electron chi connectivity index (χ2n) is 8.13. The van der Waals surface area contributed by atoms with Crippen molar-refractivity contribution in [3.8, 4) is 11.3 Å². The van der Waals surface area contributed by atoms with Crippen molar-refractivity contribution >= 4 is 21.1 Å². The second-order valence-corrected chi connectivity index (χ2v) is 9.99. The number of halogens is 2.